The number of nitrogens with one attached hydrogen (secondary N) is 1. The number of amides is 1. The number of halogens is 1. The van der Waals surface area contributed by atoms with Crippen LogP contribution in [0.25, 0.3) is 16.4 Å². The summed E-state index contributed by atoms with van der Waals surface area (Å²) in [6.45, 7) is 0. The van der Waals surface area contributed by atoms with Gasteiger partial charge in [0, 0.05) is 16.4 Å². The van der Waals surface area contributed by atoms with Gasteiger partial charge in [0.25, 0.3) is 0 Å². The zero-order valence-electron chi connectivity index (χ0n) is 16.3. The molecule has 0 aliphatic rings. The zero-order valence-corrected chi connectivity index (χ0v) is 19.5. The van der Waals surface area contributed by atoms with Crippen molar-refractivity contribution in [1.82, 2.24) is 14.8 Å². The van der Waals surface area contributed by atoms with Crippen LogP contribution >= 0.6 is 34.7 Å². The van der Waals surface area contributed by atoms with E-state index in [1.54, 1.807) is 23.5 Å². The first-order chi connectivity index (χ1) is 15.3. The molecule has 0 bridgehead atoms. The fourth-order valence-electron chi connectivity index (χ4n) is 2.81. The Hall–Kier alpha value is -2.70. The highest BCUT2D eigenvalue weighted by molar-refractivity contribution is 7.99. The second-order valence-corrected chi connectivity index (χ2v) is 10.4. The van der Waals surface area contributed by atoms with Gasteiger partial charge in [-0.2, -0.15) is 0 Å². The monoisotopic (exact) mass is 505 g/mol. The Morgan fingerprint density at radius 3 is 2.44 bits per heavy atom. The van der Waals surface area contributed by atoms with Gasteiger partial charge in [-0.3, -0.25) is 9.36 Å². The Morgan fingerprint density at radius 2 is 1.81 bits per heavy atom. The fraction of sp³-hybridized carbons (Fsp3) is 0.0500. The van der Waals surface area contributed by atoms with Crippen molar-refractivity contribution < 1.29 is 13.2 Å². The van der Waals surface area contributed by atoms with E-state index < -0.39 is 10.0 Å². The number of anilines is 1. The number of carbonyl (C=O) groups excluding carboxylic acids is 1. The van der Waals surface area contributed by atoms with Gasteiger partial charge in [0.2, 0.25) is 15.9 Å². The molecule has 4 rings (SSSR count). The molecule has 0 atom stereocenters. The largest absolute Gasteiger partial charge is 0.325 e. The van der Waals surface area contributed by atoms with Crippen LogP contribution in [0.3, 0.4) is 0 Å². The van der Waals surface area contributed by atoms with Crippen LogP contribution in [0.15, 0.2) is 76.1 Å². The molecule has 12 heteroatoms. The highest BCUT2D eigenvalue weighted by Gasteiger charge is 2.18. The Kier molecular flexibility index (Phi) is 6.63. The van der Waals surface area contributed by atoms with E-state index in [9.17, 15) is 13.2 Å². The van der Waals surface area contributed by atoms with Crippen molar-refractivity contribution in [2.45, 2.75) is 10.1 Å². The maximum absolute atomic E-state index is 12.4. The van der Waals surface area contributed by atoms with Crippen molar-refractivity contribution in [2.24, 2.45) is 5.14 Å². The van der Waals surface area contributed by atoms with Crippen molar-refractivity contribution >= 4 is 56.3 Å². The lowest BCUT2D eigenvalue weighted by atomic mass is 10.3. The van der Waals surface area contributed by atoms with Gasteiger partial charge < -0.3 is 5.32 Å². The molecule has 164 valence electrons. The quantitative estimate of drug-likeness (QED) is 0.366. The number of primary sulfonamides is 1. The summed E-state index contributed by atoms with van der Waals surface area (Å²) in [5.41, 5.74) is 1.28. The fourth-order valence-corrected chi connectivity index (χ4v) is 4.90. The number of nitrogens with zero attached hydrogens (tertiary/aromatic N) is 3. The molecule has 0 aliphatic carbocycles. The topological polar surface area (TPSA) is 120 Å². The van der Waals surface area contributed by atoms with Crippen LogP contribution in [0.2, 0.25) is 5.02 Å². The molecule has 2 aromatic heterocycles. The van der Waals surface area contributed by atoms with Crippen molar-refractivity contribution in [2.75, 3.05) is 11.1 Å². The molecule has 8 nitrogen and oxygen atoms in total. The number of benzene rings is 2. The molecular formula is C20H16ClN5O3S3. The number of hydrogen-bond acceptors (Lipinski definition) is 7. The zero-order chi connectivity index (χ0) is 22.7. The van der Waals surface area contributed by atoms with E-state index >= 15 is 0 Å². The third kappa shape index (κ3) is 5.19. The summed E-state index contributed by atoms with van der Waals surface area (Å²) in [5, 5.41) is 19.5. The molecule has 3 N–H and O–H groups in total. The number of thiophene rings is 1. The molecule has 0 saturated carbocycles. The summed E-state index contributed by atoms with van der Waals surface area (Å²) in [7, 11) is -3.79. The number of hydrogen-bond donors (Lipinski definition) is 2. The molecular weight excluding hydrogens is 490 g/mol. The molecule has 2 heterocycles. The first-order valence-corrected chi connectivity index (χ1v) is 12.9. The molecule has 0 aliphatic heterocycles. The van der Waals surface area contributed by atoms with Crippen molar-refractivity contribution in [3.63, 3.8) is 0 Å². The lowest BCUT2D eigenvalue weighted by molar-refractivity contribution is -0.113. The van der Waals surface area contributed by atoms with E-state index in [0.29, 0.717) is 21.7 Å². The third-order valence-electron chi connectivity index (χ3n) is 4.26. The van der Waals surface area contributed by atoms with Crippen LogP contribution in [-0.2, 0) is 14.8 Å². The molecule has 0 fully saturated rings. The van der Waals surface area contributed by atoms with Gasteiger partial charge in [0.1, 0.15) is 0 Å². The van der Waals surface area contributed by atoms with Gasteiger partial charge in [-0.05, 0) is 60.0 Å². The molecule has 0 unspecified atom stereocenters. The van der Waals surface area contributed by atoms with E-state index in [1.807, 2.05) is 34.2 Å². The number of rotatable bonds is 7. The minimum absolute atomic E-state index is 0.0259. The standard InChI is InChI=1S/C20H16ClN5O3S3/c21-13-3-7-15(8-4-13)26-19(17-2-1-11-30-17)24-25-20(26)31-12-18(27)23-14-5-9-16(10-6-14)32(22,28)29/h1-11H,12H2,(H,23,27)(H2,22,28,29). The van der Waals surface area contributed by atoms with Crippen LogP contribution in [0.1, 0.15) is 0 Å². The molecule has 1 amide bonds. The Labute approximate surface area is 197 Å². The van der Waals surface area contributed by atoms with E-state index in [1.165, 1.54) is 36.0 Å². The van der Waals surface area contributed by atoms with Crippen LogP contribution < -0.4 is 10.5 Å². The summed E-state index contributed by atoms with van der Waals surface area (Å²) in [6.07, 6.45) is 0. The highest BCUT2D eigenvalue weighted by Crippen LogP contribution is 2.31. The Morgan fingerprint density at radius 1 is 1.09 bits per heavy atom. The van der Waals surface area contributed by atoms with Crippen LogP contribution in [0.4, 0.5) is 5.69 Å². The first-order valence-electron chi connectivity index (χ1n) is 9.12. The maximum atomic E-state index is 12.4. The molecule has 0 radical (unpaired) electrons. The van der Waals surface area contributed by atoms with E-state index in [4.69, 9.17) is 16.7 Å². The normalized spacial score (nSPS) is 11.4. The average molecular weight is 506 g/mol. The van der Waals surface area contributed by atoms with Gasteiger partial charge in [-0.1, -0.05) is 29.4 Å². The van der Waals surface area contributed by atoms with Gasteiger partial charge in [-0.25, -0.2) is 13.6 Å². The van der Waals surface area contributed by atoms with Gasteiger partial charge >= 0.3 is 0 Å². The summed E-state index contributed by atoms with van der Waals surface area (Å²) in [6, 6.07) is 16.8. The summed E-state index contributed by atoms with van der Waals surface area (Å²) in [4.78, 5) is 13.4. The summed E-state index contributed by atoms with van der Waals surface area (Å²) >= 11 is 8.80. The third-order valence-corrected chi connectivity index (χ3v) is 7.23. The second-order valence-electron chi connectivity index (χ2n) is 6.50. The predicted octanol–water partition coefficient (Wildman–Crippen LogP) is 4.03. The first kappa shape index (κ1) is 22.5. The molecule has 2 aromatic carbocycles. The highest BCUT2D eigenvalue weighted by atomic mass is 35.5. The maximum Gasteiger partial charge on any atom is 0.238 e. The lowest BCUT2D eigenvalue weighted by Gasteiger charge is -2.10. The smallest absolute Gasteiger partial charge is 0.238 e. The number of carbonyl (C=O) groups is 1. The predicted molar refractivity (Wildman–Crippen MR) is 127 cm³/mol. The molecule has 32 heavy (non-hydrogen) atoms. The molecule has 4 aromatic rings. The van der Waals surface area contributed by atoms with Gasteiger partial charge in [0.15, 0.2) is 11.0 Å². The van der Waals surface area contributed by atoms with Crippen molar-refractivity contribution in [1.29, 1.82) is 0 Å². The van der Waals surface area contributed by atoms with Crippen LogP contribution in [0, 0.1) is 0 Å². The summed E-state index contributed by atoms with van der Waals surface area (Å²) in [5.74, 6) is 0.470. The Bertz CT molecular complexity index is 1340. The minimum atomic E-state index is -3.79. The SMILES string of the molecule is NS(=O)(=O)c1ccc(NC(=O)CSc2nnc(-c3cccs3)n2-c2ccc(Cl)cc2)cc1. The number of thioether (sulfide) groups is 1. The minimum Gasteiger partial charge on any atom is -0.325 e. The Balaban J connectivity index is 1.52. The van der Waals surface area contributed by atoms with E-state index in [-0.39, 0.29) is 16.6 Å². The van der Waals surface area contributed by atoms with Gasteiger partial charge in [0.05, 0.1) is 15.5 Å². The van der Waals surface area contributed by atoms with Crippen molar-refractivity contribution in [3.8, 4) is 16.4 Å². The van der Waals surface area contributed by atoms with Crippen molar-refractivity contribution in [3.05, 3.63) is 71.1 Å². The summed E-state index contributed by atoms with van der Waals surface area (Å²) < 4.78 is 24.6. The number of nitrogens with two attached hydrogens (primary N) is 1. The van der Waals surface area contributed by atoms with Crippen LogP contribution in [0.5, 0.6) is 0 Å². The molecule has 0 saturated heterocycles. The molecule has 0 spiro atoms. The average Bonchev–Trinajstić information content (AvgIpc) is 3.42. The van der Waals surface area contributed by atoms with Gasteiger partial charge in [-0.15, -0.1) is 21.5 Å². The second kappa shape index (κ2) is 9.43. The number of sulfonamides is 1. The van der Waals surface area contributed by atoms with E-state index in [2.05, 4.69) is 15.5 Å². The lowest BCUT2D eigenvalue weighted by Crippen LogP contribution is -2.15. The van der Waals surface area contributed by atoms with Crippen LogP contribution in [-0.4, -0.2) is 34.8 Å². The van der Waals surface area contributed by atoms with E-state index in [0.717, 1.165) is 10.6 Å². The number of aromatic nitrogens is 3.